The van der Waals surface area contributed by atoms with Crippen LogP contribution < -0.4 is 5.32 Å². The molecular formula is C17H14ClN3O3S. The van der Waals surface area contributed by atoms with Crippen LogP contribution >= 0.6 is 22.9 Å². The smallest absolute Gasteiger partial charge is 0.270 e. The number of hydrogen-bond donors (Lipinski definition) is 1. The Bertz CT molecular complexity index is 917. The van der Waals surface area contributed by atoms with Gasteiger partial charge in [0.25, 0.3) is 11.6 Å². The molecule has 6 nitrogen and oxygen atoms in total. The van der Waals surface area contributed by atoms with E-state index in [9.17, 15) is 20.2 Å². The fourth-order valence-electron chi connectivity index (χ4n) is 2.93. The summed E-state index contributed by atoms with van der Waals surface area (Å²) >= 11 is 7.41. The lowest BCUT2D eigenvalue weighted by Crippen LogP contribution is -2.13. The van der Waals surface area contributed by atoms with Crippen LogP contribution in [0.1, 0.15) is 39.7 Å². The third kappa shape index (κ3) is 3.36. The van der Waals surface area contributed by atoms with Gasteiger partial charge in [-0.3, -0.25) is 14.9 Å². The summed E-state index contributed by atoms with van der Waals surface area (Å²) in [4.78, 5) is 24.0. The minimum Gasteiger partial charge on any atom is -0.312 e. The van der Waals surface area contributed by atoms with Crippen molar-refractivity contribution < 1.29 is 9.72 Å². The number of carbonyl (C=O) groups excluding carboxylic acids is 1. The number of nitrogens with one attached hydrogen (secondary N) is 1. The number of nitriles is 1. The lowest BCUT2D eigenvalue weighted by atomic mass is 9.88. The molecule has 128 valence electrons. The Kier molecular flexibility index (Phi) is 4.75. The van der Waals surface area contributed by atoms with Gasteiger partial charge in [-0.15, -0.1) is 11.3 Å². The van der Waals surface area contributed by atoms with E-state index in [-0.39, 0.29) is 16.3 Å². The van der Waals surface area contributed by atoms with Crippen molar-refractivity contribution in [1.29, 1.82) is 5.26 Å². The van der Waals surface area contributed by atoms with E-state index in [1.165, 1.54) is 23.5 Å². The molecule has 1 aliphatic carbocycles. The van der Waals surface area contributed by atoms with E-state index in [2.05, 4.69) is 18.3 Å². The molecule has 1 aliphatic rings. The number of nitro benzene ring substituents is 1. The quantitative estimate of drug-likeness (QED) is 0.628. The molecule has 0 saturated carbocycles. The number of hydrogen-bond acceptors (Lipinski definition) is 5. The van der Waals surface area contributed by atoms with E-state index in [0.717, 1.165) is 35.8 Å². The van der Waals surface area contributed by atoms with Gasteiger partial charge in [0.15, 0.2) is 0 Å². The molecule has 1 heterocycles. The van der Waals surface area contributed by atoms with E-state index < -0.39 is 10.8 Å². The Hall–Kier alpha value is -2.43. The summed E-state index contributed by atoms with van der Waals surface area (Å²) in [5.41, 5.74) is 1.29. The average molecular weight is 376 g/mol. The lowest BCUT2D eigenvalue weighted by molar-refractivity contribution is -0.384. The highest BCUT2D eigenvalue weighted by molar-refractivity contribution is 7.16. The van der Waals surface area contributed by atoms with Crippen molar-refractivity contribution in [2.45, 2.75) is 26.2 Å². The molecular weight excluding hydrogens is 362 g/mol. The van der Waals surface area contributed by atoms with Gasteiger partial charge in [-0.2, -0.15) is 5.26 Å². The minimum absolute atomic E-state index is 0.0134. The molecule has 0 radical (unpaired) electrons. The normalized spacial score (nSPS) is 16.0. The molecule has 0 spiro atoms. The van der Waals surface area contributed by atoms with Crippen LogP contribution in [0.25, 0.3) is 0 Å². The van der Waals surface area contributed by atoms with Gasteiger partial charge < -0.3 is 5.32 Å². The highest BCUT2D eigenvalue weighted by Crippen LogP contribution is 2.39. The molecule has 1 atom stereocenters. The van der Waals surface area contributed by atoms with Gasteiger partial charge in [0.2, 0.25) is 0 Å². The molecule has 1 aromatic carbocycles. The van der Waals surface area contributed by atoms with Crippen molar-refractivity contribution >= 4 is 39.5 Å². The van der Waals surface area contributed by atoms with Gasteiger partial charge in [-0.25, -0.2) is 0 Å². The molecule has 2 aromatic rings. The van der Waals surface area contributed by atoms with Crippen molar-refractivity contribution in [1.82, 2.24) is 0 Å². The van der Waals surface area contributed by atoms with Crippen LogP contribution in [0.2, 0.25) is 5.02 Å². The summed E-state index contributed by atoms with van der Waals surface area (Å²) in [6.07, 6.45) is 2.73. The zero-order valence-electron chi connectivity index (χ0n) is 13.3. The van der Waals surface area contributed by atoms with E-state index >= 15 is 0 Å². The molecule has 0 fully saturated rings. The van der Waals surface area contributed by atoms with Crippen LogP contribution in [0.15, 0.2) is 18.2 Å². The number of rotatable bonds is 3. The number of carbonyl (C=O) groups is 1. The first kappa shape index (κ1) is 17.4. The predicted octanol–water partition coefficient (Wildman–Crippen LogP) is 4.56. The molecule has 0 saturated heterocycles. The van der Waals surface area contributed by atoms with E-state index in [1.807, 2.05) is 0 Å². The van der Waals surface area contributed by atoms with Crippen LogP contribution in [0.4, 0.5) is 10.7 Å². The molecule has 0 aliphatic heterocycles. The van der Waals surface area contributed by atoms with Crippen molar-refractivity contribution in [2.24, 2.45) is 5.92 Å². The van der Waals surface area contributed by atoms with Crippen LogP contribution in [-0.2, 0) is 12.8 Å². The van der Waals surface area contributed by atoms with E-state index in [4.69, 9.17) is 11.6 Å². The first-order chi connectivity index (χ1) is 11.9. The number of fused-ring (bicyclic) bond motifs is 1. The fourth-order valence-corrected chi connectivity index (χ4v) is 4.49. The summed E-state index contributed by atoms with van der Waals surface area (Å²) in [6, 6.07) is 5.87. The van der Waals surface area contributed by atoms with Crippen LogP contribution in [-0.4, -0.2) is 10.8 Å². The summed E-state index contributed by atoms with van der Waals surface area (Å²) in [5.74, 6) is -0.00990. The molecule has 25 heavy (non-hydrogen) atoms. The Morgan fingerprint density at radius 1 is 1.52 bits per heavy atom. The predicted molar refractivity (Wildman–Crippen MR) is 96.3 cm³/mol. The summed E-state index contributed by atoms with van der Waals surface area (Å²) in [6.45, 7) is 2.16. The number of thiophene rings is 1. The SMILES string of the molecule is C[C@H]1CCc2c(sc(NC(=O)c3cc([N+](=O)[O-])ccc3Cl)c2C#N)C1. The third-order valence-corrected chi connectivity index (χ3v) is 5.76. The maximum absolute atomic E-state index is 12.5. The number of anilines is 1. The van der Waals surface area contributed by atoms with Crippen LogP contribution in [0.3, 0.4) is 0 Å². The van der Waals surface area contributed by atoms with E-state index in [1.54, 1.807) is 0 Å². The topological polar surface area (TPSA) is 96.0 Å². The largest absolute Gasteiger partial charge is 0.312 e. The Morgan fingerprint density at radius 2 is 2.28 bits per heavy atom. The van der Waals surface area contributed by atoms with Gasteiger partial charge in [0, 0.05) is 17.0 Å². The highest BCUT2D eigenvalue weighted by Gasteiger charge is 2.25. The molecule has 1 N–H and O–H groups in total. The molecule has 8 heteroatoms. The number of halogens is 1. The van der Waals surface area contributed by atoms with Crippen LogP contribution in [0.5, 0.6) is 0 Å². The van der Waals surface area contributed by atoms with E-state index in [0.29, 0.717) is 16.5 Å². The summed E-state index contributed by atoms with van der Waals surface area (Å²) < 4.78 is 0. The van der Waals surface area contributed by atoms with Gasteiger partial charge in [0.1, 0.15) is 11.1 Å². The number of nitrogens with zero attached hydrogens (tertiary/aromatic N) is 2. The first-order valence-electron chi connectivity index (χ1n) is 7.70. The van der Waals surface area contributed by atoms with Crippen molar-refractivity contribution in [3.05, 3.63) is 54.9 Å². The second kappa shape index (κ2) is 6.82. The third-order valence-electron chi connectivity index (χ3n) is 4.26. The van der Waals surface area contributed by atoms with Crippen molar-refractivity contribution in [3.63, 3.8) is 0 Å². The number of nitro groups is 1. The molecule has 0 bridgehead atoms. The monoisotopic (exact) mass is 375 g/mol. The molecule has 0 unspecified atom stereocenters. The fraction of sp³-hybridized carbons (Fsp3) is 0.294. The van der Waals surface area contributed by atoms with Crippen molar-refractivity contribution in [3.8, 4) is 6.07 Å². The second-order valence-corrected chi connectivity index (χ2v) is 7.56. The Labute approximate surface area is 153 Å². The molecule has 3 rings (SSSR count). The van der Waals surface area contributed by atoms with Gasteiger partial charge in [-0.05, 0) is 36.8 Å². The zero-order chi connectivity index (χ0) is 18.1. The standard InChI is InChI=1S/C17H14ClN3O3S/c1-9-2-4-11-13(8-19)17(25-15(11)6-9)20-16(22)12-7-10(21(23)24)3-5-14(12)18/h3,5,7,9H,2,4,6H2,1H3,(H,20,22)/t9-/m0/s1. The maximum atomic E-state index is 12.5. The van der Waals surface area contributed by atoms with Gasteiger partial charge >= 0.3 is 0 Å². The second-order valence-electron chi connectivity index (χ2n) is 6.04. The minimum atomic E-state index is -0.584. The highest BCUT2D eigenvalue weighted by atomic mass is 35.5. The number of non-ortho nitro benzene ring substituents is 1. The maximum Gasteiger partial charge on any atom is 0.270 e. The molecule has 1 amide bonds. The lowest BCUT2D eigenvalue weighted by Gasteiger charge is -2.17. The average Bonchev–Trinajstić information content (AvgIpc) is 2.90. The van der Waals surface area contributed by atoms with Crippen molar-refractivity contribution in [2.75, 3.05) is 5.32 Å². The van der Waals surface area contributed by atoms with Gasteiger partial charge in [0.05, 0.1) is 21.1 Å². The molecule has 1 aromatic heterocycles. The Balaban J connectivity index is 1.93. The Morgan fingerprint density at radius 3 is 2.96 bits per heavy atom. The number of amides is 1. The zero-order valence-corrected chi connectivity index (χ0v) is 14.9. The van der Waals surface area contributed by atoms with Crippen LogP contribution in [0, 0.1) is 27.4 Å². The first-order valence-corrected chi connectivity index (χ1v) is 8.90. The van der Waals surface area contributed by atoms with Gasteiger partial charge in [-0.1, -0.05) is 18.5 Å². The number of benzene rings is 1. The summed E-state index contributed by atoms with van der Waals surface area (Å²) in [7, 11) is 0. The summed E-state index contributed by atoms with van der Waals surface area (Å²) in [5, 5.41) is 23.7.